The van der Waals surface area contributed by atoms with Crippen molar-refractivity contribution < 1.29 is 4.74 Å². The van der Waals surface area contributed by atoms with Crippen molar-refractivity contribution in [1.29, 1.82) is 0 Å². The van der Waals surface area contributed by atoms with E-state index in [1.807, 2.05) is 24.4 Å². The number of imidazole rings is 1. The summed E-state index contributed by atoms with van der Waals surface area (Å²) in [7, 11) is 1.73. The van der Waals surface area contributed by atoms with E-state index < -0.39 is 0 Å². The Morgan fingerprint density at radius 3 is 2.82 bits per heavy atom. The molecule has 0 spiro atoms. The molecule has 2 aromatic heterocycles. The van der Waals surface area contributed by atoms with Gasteiger partial charge in [0, 0.05) is 58.2 Å². The number of fused-ring (bicyclic) bond motifs is 2. The van der Waals surface area contributed by atoms with Gasteiger partial charge in [0.05, 0.1) is 29.5 Å². The molecule has 0 aliphatic carbocycles. The molecule has 5 rings (SSSR count). The number of rotatable bonds is 3. The summed E-state index contributed by atoms with van der Waals surface area (Å²) in [5.41, 5.74) is 3.16. The fourth-order valence-corrected chi connectivity index (χ4v) is 4.08. The van der Waals surface area contributed by atoms with Gasteiger partial charge in [-0.15, -0.1) is 0 Å². The van der Waals surface area contributed by atoms with Crippen LogP contribution in [0.25, 0.3) is 10.9 Å². The Hall–Kier alpha value is -2.71. The molecule has 8 nitrogen and oxygen atoms in total. The van der Waals surface area contributed by atoms with Crippen LogP contribution in [0.2, 0.25) is 0 Å². The van der Waals surface area contributed by atoms with Crippen LogP contribution in [0, 0.1) is 0 Å². The van der Waals surface area contributed by atoms with E-state index in [-0.39, 0.29) is 5.56 Å². The fourth-order valence-electron chi connectivity index (χ4n) is 4.08. The molecule has 0 saturated carbocycles. The number of ether oxygens (including phenoxy) is 1. The summed E-state index contributed by atoms with van der Waals surface area (Å²) < 4.78 is 9.29. The maximum atomic E-state index is 12.2. The molecule has 0 atom stereocenters. The van der Waals surface area contributed by atoms with Crippen LogP contribution in [-0.4, -0.2) is 56.8 Å². The Morgan fingerprint density at radius 1 is 1.11 bits per heavy atom. The first kappa shape index (κ1) is 17.4. The molecule has 28 heavy (non-hydrogen) atoms. The molecule has 1 fully saturated rings. The highest BCUT2D eigenvalue weighted by Crippen LogP contribution is 2.21. The average molecular weight is 380 g/mol. The average Bonchev–Trinajstić information content (AvgIpc) is 3.14. The van der Waals surface area contributed by atoms with Gasteiger partial charge in [0.2, 0.25) is 0 Å². The van der Waals surface area contributed by atoms with Gasteiger partial charge in [-0.05, 0) is 18.2 Å². The zero-order chi connectivity index (χ0) is 19.1. The molecular weight excluding hydrogens is 356 g/mol. The second-order valence-electron chi connectivity index (χ2n) is 7.50. The molecule has 3 aromatic rings. The predicted octanol–water partition coefficient (Wildman–Crippen LogP) is 0.982. The molecule has 2 aliphatic rings. The maximum Gasteiger partial charge on any atom is 0.260 e. The number of aryl methyl sites for hydroxylation is 1. The zero-order valence-corrected chi connectivity index (χ0v) is 16.0. The molecule has 8 heteroatoms. The zero-order valence-electron chi connectivity index (χ0n) is 16.0. The van der Waals surface area contributed by atoms with Gasteiger partial charge in [-0.1, -0.05) is 0 Å². The molecule has 0 unspecified atom stereocenters. The van der Waals surface area contributed by atoms with Crippen molar-refractivity contribution in [2.45, 2.75) is 19.7 Å². The van der Waals surface area contributed by atoms with Crippen molar-refractivity contribution in [1.82, 2.24) is 24.0 Å². The molecule has 0 radical (unpaired) electrons. The Balaban J connectivity index is 1.27. The lowest BCUT2D eigenvalue weighted by Gasteiger charge is -2.36. The van der Waals surface area contributed by atoms with E-state index in [0.717, 1.165) is 62.9 Å². The summed E-state index contributed by atoms with van der Waals surface area (Å²) in [5, 5.41) is 0.668. The van der Waals surface area contributed by atoms with Crippen LogP contribution >= 0.6 is 0 Å². The van der Waals surface area contributed by atoms with E-state index in [1.165, 1.54) is 10.3 Å². The third kappa shape index (κ3) is 3.08. The summed E-state index contributed by atoms with van der Waals surface area (Å²) in [6, 6.07) is 5.96. The quantitative estimate of drug-likeness (QED) is 0.675. The van der Waals surface area contributed by atoms with Crippen LogP contribution in [0.1, 0.15) is 11.5 Å². The molecule has 2 aliphatic heterocycles. The molecule has 0 N–H and O–H groups in total. The van der Waals surface area contributed by atoms with Gasteiger partial charge >= 0.3 is 0 Å². The van der Waals surface area contributed by atoms with Crippen molar-refractivity contribution in [3.63, 3.8) is 0 Å². The van der Waals surface area contributed by atoms with Crippen LogP contribution in [0.4, 0.5) is 5.69 Å². The molecule has 1 aromatic carbocycles. The summed E-state index contributed by atoms with van der Waals surface area (Å²) in [6.07, 6.45) is 3.58. The Labute approximate surface area is 163 Å². The summed E-state index contributed by atoms with van der Waals surface area (Å²) in [4.78, 5) is 25.9. The lowest BCUT2D eigenvalue weighted by Crippen LogP contribution is -2.46. The number of piperazine rings is 1. The first-order valence-corrected chi connectivity index (χ1v) is 9.73. The lowest BCUT2D eigenvalue weighted by atomic mass is 10.2. The fraction of sp³-hybridized carbons (Fsp3) is 0.450. The Bertz CT molecular complexity index is 1060. The molecular formula is C20H24N6O2. The first-order valence-electron chi connectivity index (χ1n) is 9.73. The Morgan fingerprint density at radius 2 is 1.96 bits per heavy atom. The molecule has 0 bridgehead atoms. The van der Waals surface area contributed by atoms with Crippen molar-refractivity contribution in [3.8, 4) is 0 Å². The second-order valence-corrected chi connectivity index (χ2v) is 7.50. The van der Waals surface area contributed by atoms with E-state index in [0.29, 0.717) is 12.0 Å². The van der Waals surface area contributed by atoms with Crippen molar-refractivity contribution in [2.24, 2.45) is 7.05 Å². The van der Waals surface area contributed by atoms with E-state index in [2.05, 4.69) is 24.3 Å². The highest BCUT2D eigenvalue weighted by molar-refractivity contribution is 5.81. The van der Waals surface area contributed by atoms with Gasteiger partial charge in [-0.3, -0.25) is 9.69 Å². The summed E-state index contributed by atoms with van der Waals surface area (Å²) in [5.74, 6) is 1.04. The lowest BCUT2D eigenvalue weighted by molar-refractivity contribution is 0.0795. The first-order chi connectivity index (χ1) is 13.7. The van der Waals surface area contributed by atoms with Gasteiger partial charge in [0.25, 0.3) is 5.56 Å². The van der Waals surface area contributed by atoms with Gasteiger partial charge in [0.1, 0.15) is 12.4 Å². The monoisotopic (exact) mass is 380 g/mol. The van der Waals surface area contributed by atoms with Crippen molar-refractivity contribution >= 4 is 16.6 Å². The highest BCUT2D eigenvalue weighted by atomic mass is 16.5. The molecule has 0 amide bonds. The molecule has 1 saturated heterocycles. The maximum absolute atomic E-state index is 12.2. The van der Waals surface area contributed by atoms with Crippen LogP contribution < -0.4 is 10.5 Å². The van der Waals surface area contributed by atoms with Crippen molar-refractivity contribution in [3.05, 3.63) is 52.6 Å². The third-order valence-electron chi connectivity index (χ3n) is 5.74. The number of anilines is 1. The van der Waals surface area contributed by atoms with Crippen LogP contribution in [0.3, 0.4) is 0 Å². The highest BCUT2D eigenvalue weighted by Gasteiger charge is 2.21. The van der Waals surface area contributed by atoms with Gasteiger partial charge in [-0.2, -0.15) is 0 Å². The van der Waals surface area contributed by atoms with Gasteiger partial charge in [0.15, 0.2) is 0 Å². The standard InChI is InChI=1S/C20H24N6O2/c1-23-14-22-18-10-15(2-3-17(18)20(23)27)25-6-4-24(5-7-25)12-16-11-21-19-13-28-9-8-26(16)19/h2-3,10-11,14H,4-9,12-13H2,1H3. The van der Waals surface area contributed by atoms with Crippen LogP contribution in [-0.2, 0) is 31.5 Å². The van der Waals surface area contributed by atoms with E-state index in [4.69, 9.17) is 4.74 Å². The predicted molar refractivity (Wildman–Crippen MR) is 106 cm³/mol. The largest absolute Gasteiger partial charge is 0.372 e. The van der Waals surface area contributed by atoms with E-state index in [1.54, 1.807) is 13.4 Å². The molecule has 4 heterocycles. The van der Waals surface area contributed by atoms with Crippen LogP contribution in [0.5, 0.6) is 0 Å². The smallest absolute Gasteiger partial charge is 0.260 e. The number of nitrogens with zero attached hydrogens (tertiary/aromatic N) is 6. The van der Waals surface area contributed by atoms with Gasteiger partial charge < -0.3 is 18.8 Å². The molecule has 146 valence electrons. The minimum Gasteiger partial charge on any atom is -0.372 e. The number of hydrogen-bond donors (Lipinski definition) is 0. The number of hydrogen-bond acceptors (Lipinski definition) is 6. The normalized spacial score (nSPS) is 17.8. The topological polar surface area (TPSA) is 68.4 Å². The van der Waals surface area contributed by atoms with E-state index in [9.17, 15) is 4.79 Å². The second kappa shape index (κ2) is 7.03. The van der Waals surface area contributed by atoms with Crippen LogP contribution in [0.15, 0.2) is 35.5 Å². The third-order valence-corrected chi connectivity index (χ3v) is 5.74. The number of aromatic nitrogens is 4. The minimum absolute atomic E-state index is 0.00379. The SMILES string of the molecule is Cn1cnc2cc(N3CCN(Cc4cnc5n4CCOC5)CC3)ccc2c1=O. The van der Waals surface area contributed by atoms with Gasteiger partial charge in [-0.25, -0.2) is 9.97 Å². The Kier molecular flexibility index (Phi) is 4.37. The number of benzene rings is 1. The van der Waals surface area contributed by atoms with Crippen molar-refractivity contribution in [2.75, 3.05) is 37.7 Å². The summed E-state index contributed by atoms with van der Waals surface area (Å²) >= 11 is 0. The summed E-state index contributed by atoms with van der Waals surface area (Å²) in [6.45, 7) is 7.12. The minimum atomic E-state index is -0.00379. The van der Waals surface area contributed by atoms with E-state index >= 15 is 0 Å².